The van der Waals surface area contributed by atoms with Crippen molar-refractivity contribution >= 4 is 29.3 Å². The quantitative estimate of drug-likeness (QED) is 0.448. The molecule has 1 amide bonds. The van der Waals surface area contributed by atoms with E-state index in [4.69, 9.17) is 16.3 Å². The molecule has 0 aliphatic rings. The van der Waals surface area contributed by atoms with Crippen LogP contribution in [0.25, 0.3) is 6.08 Å². The first kappa shape index (κ1) is 19.3. The fourth-order valence-electron chi connectivity index (χ4n) is 2.39. The largest absolute Gasteiger partial charge is 0.496 e. The molecule has 0 bridgehead atoms. The summed E-state index contributed by atoms with van der Waals surface area (Å²) in [6.45, 7) is 5.60. The molecule has 26 heavy (non-hydrogen) atoms. The first-order valence-corrected chi connectivity index (χ1v) is 8.33. The van der Waals surface area contributed by atoms with Gasteiger partial charge in [0.05, 0.1) is 7.11 Å². The second-order valence-electron chi connectivity index (χ2n) is 5.65. The van der Waals surface area contributed by atoms with Gasteiger partial charge in [-0.2, -0.15) is 5.26 Å². The molecule has 2 aromatic rings. The van der Waals surface area contributed by atoms with Crippen LogP contribution in [0.4, 0.5) is 5.69 Å². The lowest BCUT2D eigenvalue weighted by atomic mass is 10.0. The van der Waals surface area contributed by atoms with Crippen molar-refractivity contribution < 1.29 is 9.53 Å². The number of ether oxygens (including phenoxy) is 1. The number of hydrogen-bond donors (Lipinski definition) is 1. The van der Waals surface area contributed by atoms with E-state index in [1.54, 1.807) is 43.5 Å². The molecule has 132 valence electrons. The van der Waals surface area contributed by atoms with Crippen molar-refractivity contribution in [2.24, 2.45) is 0 Å². The number of halogens is 1. The number of allylic oxidation sites excluding steroid dienone is 1. The molecule has 0 aliphatic heterocycles. The van der Waals surface area contributed by atoms with Crippen LogP contribution in [0.3, 0.4) is 0 Å². The Morgan fingerprint density at radius 1 is 1.35 bits per heavy atom. The molecule has 0 saturated carbocycles. The van der Waals surface area contributed by atoms with Crippen molar-refractivity contribution in [2.45, 2.75) is 13.3 Å². The number of aryl methyl sites for hydroxylation is 1. The number of benzene rings is 2. The van der Waals surface area contributed by atoms with E-state index in [1.807, 2.05) is 19.1 Å². The molecule has 0 spiro atoms. The Labute approximate surface area is 158 Å². The van der Waals surface area contributed by atoms with Crippen LogP contribution in [-0.4, -0.2) is 13.0 Å². The van der Waals surface area contributed by atoms with Gasteiger partial charge in [-0.3, -0.25) is 4.79 Å². The molecule has 1 N–H and O–H groups in total. The number of methoxy groups -OCH3 is 1. The first-order valence-electron chi connectivity index (χ1n) is 7.95. The van der Waals surface area contributed by atoms with Gasteiger partial charge in [-0.15, -0.1) is 6.58 Å². The normalized spacial score (nSPS) is 10.8. The fraction of sp³-hybridized carbons (Fsp3) is 0.143. The molecule has 0 heterocycles. The predicted octanol–water partition coefficient (Wildman–Crippen LogP) is 4.93. The van der Waals surface area contributed by atoms with Crippen molar-refractivity contribution in [3.63, 3.8) is 0 Å². The summed E-state index contributed by atoms with van der Waals surface area (Å²) in [5.41, 5.74) is 3.11. The van der Waals surface area contributed by atoms with Gasteiger partial charge in [-0.1, -0.05) is 29.8 Å². The highest BCUT2D eigenvalue weighted by Gasteiger charge is 2.11. The van der Waals surface area contributed by atoms with Crippen LogP contribution in [-0.2, 0) is 11.2 Å². The lowest BCUT2D eigenvalue weighted by molar-refractivity contribution is -0.112. The monoisotopic (exact) mass is 366 g/mol. The SMILES string of the molecule is C=CCc1cc(/C=C(/C#N)C(=O)Nc2ccc(C)c(Cl)c2)ccc1OC. The van der Waals surface area contributed by atoms with Crippen LogP contribution in [0.1, 0.15) is 16.7 Å². The average molecular weight is 367 g/mol. The number of amides is 1. The minimum atomic E-state index is -0.492. The van der Waals surface area contributed by atoms with Gasteiger partial charge in [0, 0.05) is 10.7 Å². The molecule has 0 radical (unpaired) electrons. The van der Waals surface area contributed by atoms with E-state index < -0.39 is 5.91 Å². The lowest BCUT2D eigenvalue weighted by Gasteiger charge is -2.09. The molecule has 0 saturated heterocycles. The van der Waals surface area contributed by atoms with E-state index in [-0.39, 0.29) is 5.57 Å². The van der Waals surface area contributed by atoms with Gasteiger partial charge in [0.2, 0.25) is 0 Å². The van der Waals surface area contributed by atoms with Crippen LogP contribution in [0.2, 0.25) is 5.02 Å². The molecule has 2 aromatic carbocycles. The molecular formula is C21H19ClN2O2. The van der Waals surface area contributed by atoms with Crippen LogP contribution < -0.4 is 10.1 Å². The first-order chi connectivity index (χ1) is 12.5. The van der Waals surface area contributed by atoms with Crippen LogP contribution in [0.5, 0.6) is 5.75 Å². The summed E-state index contributed by atoms with van der Waals surface area (Å²) >= 11 is 6.07. The molecular weight excluding hydrogens is 348 g/mol. The summed E-state index contributed by atoms with van der Waals surface area (Å²) < 4.78 is 5.31. The number of rotatable bonds is 6. The Morgan fingerprint density at radius 3 is 2.73 bits per heavy atom. The zero-order valence-corrected chi connectivity index (χ0v) is 15.4. The Morgan fingerprint density at radius 2 is 2.12 bits per heavy atom. The van der Waals surface area contributed by atoms with Gasteiger partial charge >= 0.3 is 0 Å². The molecule has 4 nitrogen and oxygen atoms in total. The lowest BCUT2D eigenvalue weighted by Crippen LogP contribution is -2.13. The molecule has 0 unspecified atom stereocenters. The highest BCUT2D eigenvalue weighted by Crippen LogP contribution is 2.23. The molecule has 0 aromatic heterocycles. The summed E-state index contributed by atoms with van der Waals surface area (Å²) in [6, 6.07) is 12.6. The second-order valence-corrected chi connectivity index (χ2v) is 6.06. The highest BCUT2D eigenvalue weighted by atomic mass is 35.5. The zero-order valence-electron chi connectivity index (χ0n) is 14.7. The zero-order chi connectivity index (χ0) is 19.1. The third kappa shape index (κ3) is 4.75. The third-order valence-electron chi connectivity index (χ3n) is 3.77. The van der Waals surface area contributed by atoms with Gasteiger partial charge in [-0.05, 0) is 60.4 Å². The van der Waals surface area contributed by atoms with Crippen molar-refractivity contribution in [1.29, 1.82) is 5.26 Å². The topological polar surface area (TPSA) is 62.1 Å². The Kier molecular flexibility index (Phi) is 6.60. The number of anilines is 1. The number of nitrogens with zero attached hydrogens (tertiary/aromatic N) is 1. The van der Waals surface area contributed by atoms with Crippen molar-refractivity contribution in [2.75, 3.05) is 12.4 Å². The highest BCUT2D eigenvalue weighted by molar-refractivity contribution is 6.31. The summed E-state index contributed by atoms with van der Waals surface area (Å²) in [5, 5.41) is 12.6. The minimum absolute atomic E-state index is 0.00332. The van der Waals surface area contributed by atoms with Crippen molar-refractivity contribution in [3.05, 3.63) is 76.3 Å². The van der Waals surface area contributed by atoms with E-state index in [2.05, 4.69) is 11.9 Å². The molecule has 5 heteroatoms. The summed E-state index contributed by atoms with van der Waals surface area (Å²) in [5.74, 6) is 0.243. The number of hydrogen-bond acceptors (Lipinski definition) is 3. The van der Waals surface area contributed by atoms with Crippen LogP contribution in [0, 0.1) is 18.3 Å². The average Bonchev–Trinajstić information content (AvgIpc) is 2.63. The maximum Gasteiger partial charge on any atom is 0.266 e. The van der Waals surface area contributed by atoms with Gasteiger partial charge < -0.3 is 10.1 Å². The minimum Gasteiger partial charge on any atom is -0.496 e. The van der Waals surface area contributed by atoms with Gasteiger partial charge in [0.25, 0.3) is 5.91 Å². The molecule has 0 fully saturated rings. The summed E-state index contributed by atoms with van der Waals surface area (Å²) in [4.78, 5) is 12.4. The summed E-state index contributed by atoms with van der Waals surface area (Å²) in [7, 11) is 1.60. The molecule has 0 aliphatic carbocycles. The maximum absolute atomic E-state index is 12.4. The number of carbonyl (C=O) groups is 1. The smallest absolute Gasteiger partial charge is 0.266 e. The van der Waals surface area contributed by atoms with Crippen LogP contribution >= 0.6 is 11.6 Å². The Hall–Kier alpha value is -3.03. The van der Waals surface area contributed by atoms with Gasteiger partial charge in [-0.25, -0.2) is 0 Å². The van der Waals surface area contributed by atoms with E-state index in [0.29, 0.717) is 17.1 Å². The predicted molar refractivity (Wildman–Crippen MR) is 105 cm³/mol. The number of nitrogens with one attached hydrogen (secondary N) is 1. The van der Waals surface area contributed by atoms with E-state index in [9.17, 15) is 10.1 Å². The molecule has 0 atom stereocenters. The van der Waals surface area contributed by atoms with Crippen molar-refractivity contribution in [1.82, 2.24) is 0 Å². The van der Waals surface area contributed by atoms with E-state index >= 15 is 0 Å². The number of carbonyl (C=O) groups excluding carboxylic acids is 1. The maximum atomic E-state index is 12.4. The Balaban J connectivity index is 2.27. The third-order valence-corrected chi connectivity index (χ3v) is 4.18. The van der Waals surface area contributed by atoms with Crippen LogP contribution in [0.15, 0.2) is 54.6 Å². The number of nitriles is 1. The van der Waals surface area contributed by atoms with E-state index in [1.165, 1.54) is 6.08 Å². The van der Waals surface area contributed by atoms with Crippen molar-refractivity contribution in [3.8, 4) is 11.8 Å². The standard InChI is InChI=1S/C21H19ClN2O2/c1-4-5-16-10-15(7-9-20(16)26-3)11-17(13-23)21(25)24-18-8-6-14(2)19(22)12-18/h4,6-12H,1,5H2,2-3H3,(H,24,25)/b17-11-. The van der Waals surface area contributed by atoms with E-state index in [0.717, 1.165) is 22.4 Å². The van der Waals surface area contributed by atoms with Gasteiger partial charge in [0.1, 0.15) is 17.4 Å². The van der Waals surface area contributed by atoms with Gasteiger partial charge in [0.15, 0.2) is 0 Å². The molecule has 2 rings (SSSR count). The fourth-order valence-corrected chi connectivity index (χ4v) is 2.57. The summed E-state index contributed by atoms with van der Waals surface area (Å²) in [6.07, 6.45) is 3.93. The Bertz CT molecular complexity index is 911. The second kappa shape index (κ2) is 8.89.